The van der Waals surface area contributed by atoms with Gasteiger partial charge in [-0.3, -0.25) is 9.59 Å². The largest absolute Gasteiger partial charge is 0.492 e. The highest BCUT2D eigenvalue weighted by atomic mass is 16.5. The number of aliphatic carboxylic acids is 1. The Morgan fingerprint density at radius 3 is 2.62 bits per heavy atom. The van der Waals surface area contributed by atoms with Gasteiger partial charge in [-0.15, -0.1) is 0 Å². The Kier molecular flexibility index (Phi) is 4.76. The third-order valence-corrected chi connectivity index (χ3v) is 4.34. The van der Waals surface area contributed by atoms with Gasteiger partial charge in [-0.2, -0.15) is 0 Å². The Labute approximate surface area is 152 Å². The Hall–Kier alpha value is -2.76. The minimum absolute atomic E-state index is 0.0750. The number of carbonyl (C=O) groups excluding carboxylic acids is 1. The Bertz CT molecular complexity index is 872. The number of ether oxygens (including phenoxy) is 2. The molecule has 0 saturated carbocycles. The lowest BCUT2D eigenvalue weighted by atomic mass is 9.94. The van der Waals surface area contributed by atoms with Gasteiger partial charge in [0, 0.05) is 28.8 Å². The van der Waals surface area contributed by atoms with Crippen LogP contribution in [0.15, 0.2) is 24.3 Å². The van der Waals surface area contributed by atoms with Gasteiger partial charge in [-0.05, 0) is 26.7 Å². The highest BCUT2D eigenvalue weighted by Gasteiger charge is 2.29. The van der Waals surface area contributed by atoms with Crippen LogP contribution in [0.1, 0.15) is 39.2 Å². The molecule has 3 rings (SSSR count). The van der Waals surface area contributed by atoms with Crippen molar-refractivity contribution >= 4 is 28.4 Å². The van der Waals surface area contributed by atoms with E-state index < -0.39 is 17.5 Å². The first-order valence-corrected chi connectivity index (χ1v) is 8.67. The molecule has 6 nitrogen and oxygen atoms in total. The Morgan fingerprint density at radius 1 is 1.27 bits per heavy atom. The van der Waals surface area contributed by atoms with E-state index in [0.717, 1.165) is 34.9 Å². The van der Waals surface area contributed by atoms with Crippen LogP contribution in [0.4, 0.5) is 5.69 Å². The van der Waals surface area contributed by atoms with E-state index in [1.807, 2.05) is 38.1 Å². The third-order valence-electron chi connectivity index (χ3n) is 4.34. The van der Waals surface area contributed by atoms with Crippen molar-refractivity contribution in [1.82, 2.24) is 0 Å². The van der Waals surface area contributed by atoms with Crippen molar-refractivity contribution in [2.24, 2.45) is 0 Å². The van der Waals surface area contributed by atoms with Crippen LogP contribution >= 0.6 is 0 Å². The average molecular weight is 357 g/mol. The lowest BCUT2D eigenvalue weighted by Gasteiger charge is -2.30. The van der Waals surface area contributed by atoms with Crippen molar-refractivity contribution in [3.8, 4) is 11.5 Å². The average Bonchev–Trinajstić information content (AvgIpc) is 2.56. The second-order valence-corrected chi connectivity index (χ2v) is 7.18. The van der Waals surface area contributed by atoms with E-state index in [1.165, 1.54) is 6.92 Å². The summed E-state index contributed by atoms with van der Waals surface area (Å²) in [4.78, 5) is 23.0. The molecule has 0 unspecified atom stereocenters. The smallest absolute Gasteiger partial charge is 0.308 e. The molecule has 2 N–H and O–H groups in total. The Balaban J connectivity index is 2.24. The number of anilines is 1. The summed E-state index contributed by atoms with van der Waals surface area (Å²) in [6, 6.07) is 7.70. The summed E-state index contributed by atoms with van der Waals surface area (Å²) in [5.74, 6) is -0.150. The van der Waals surface area contributed by atoms with Gasteiger partial charge < -0.3 is 19.9 Å². The van der Waals surface area contributed by atoms with Crippen LogP contribution in [-0.4, -0.2) is 29.2 Å². The summed E-state index contributed by atoms with van der Waals surface area (Å²) >= 11 is 0. The lowest BCUT2D eigenvalue weighted by Crippen LogP contribution is -2.34. The van der Waals surface area contributed by atoms with Crippen molar-refractivity contribution in [3.63, 3.8) is 0 Å². The molecule has 0 radical (unpaired) electrons. The number of hydrogen-bond donors (Lipinski definition) is 2. The fourth-order valence-corrected chi connectivity index (χ4v) is 3.39. The van der Waals surface area contributed by atoms with Crippen molar-refractivity contribution in [3.05, 3.63) is 29.8 Å². The zero-order valence-corrected chi connectivity index (χ0v) is 15.2. The molecule has 2 aromatic carbocycles. The van der Waals surface area contributed by atoms with Crippen LogP contribution in [0.3, 0.4) is 0 Å². The van der Waals surface area contributed by atoms with Gasteiger partial charge in [0.2, 0.25) is 0 Å². The van der Waals surface area contributed by atoms with E-state index in [1.54, 1.807) is 0 Å². The molecular formula is C20H23NO5. The number of fused-ring (bicyclic) bond motifs is 3. The summed E-state index contributed by atoms with van der Waals surface area (Å²) < 4.78 is 11.5. The molecule has 0 saturated heterocycles. The van der Waals surface area contributed by atoms with E-state index in [9.17, 15) is 14.7 Å². The normalized spacial score (nSPS) is 13.7. The maximum Gasteiger partial charge on any atom is 0.308 e. The molecule has 26 heavy (non-hydrogen) atoms. The summed E-state index contributed by atoms with van der Waals surface area (Å²) in [6.07, 6.45) is 1.49. The molecule has 1 aliphatic heterocycles. The number of hydrogen-bond acceptors (Lipinski definition) is 5. The van der Waals surface area contributed by atoms with Crippen LogP contribution in [0.5, 0.6) is 11.5 Å². The molecule has 0 amide bonds. The second kappa shape index (κ2) is 6.86. The number of esters is 1. The van der Waals surface area contributed by atoms with Crippen LogP contribution in [-0.2, 0) is 16.0 Å². The Morgan fingerprint density at radius 2 is 1.96 bits per heavy atom. The second-order valence-electron chi connectivity index (χ2n) is 7.18. The van der Waals surface area contributed by atoms with Crippen LogP contribution < -0.4 is 14.8 Å². The van der Waals surface area contributed by atoms with Crippen molar-refractivity contribution in [1.29, 1.82) is 0 Å². The zero-order valence-electron chi connectivity index (χ0n) is 15.2. The molecule has 138 valence electrons. The van der Waals surface area contributed by atoms with Gasteiger partial charge >= 0.3 is 11.9 Å². The minimum atomic E-state index is -0.901. The van der Waals surface area contributed by atoms with E-state index in [4.69, 9.17) is 9.47 Å². The van der Waals surface area contributed by atoms with Crippen molar-refractivity contribution in [2.75, 3.05) is 11.9 Å². The van der Waals surface area contributed by atoms with Crippen LogP contribution in [0.25, 0.3) is 10.8 Å². The highest BCUT2D eigenvalue weighted by molar-refractivity contribution is 6.03. The molecule has 0 atom stereocenters. The minimum Gasteiger partial charge on any atom is -0.492 e. The zero-order chi connectivity index (χ0) is 18.9. The molecule has 2 aromatic rings. The number of nitrogens with one attached hydrogen (secondary N) is 1. The van der Waals surface area contributed by atoms with Crippen molar-refractivity contribution < 1.29 is 24.2 Å². The van der Waals surface area contributed by atoms with E-state index in [-0.39, 0.29) is 6.42 Å². The van der Waals surface area contributed by atoms with Gasteiger partial charge in [0.25, 0.3) is 0 Å². The number of carboxylic acid groups (broad SMARTS) is 1. The van der Waals surface area contributed by atoms with Crippen LogP contribution in [0, 0.1) is 0 Å². The van der Waals surface area contributed by atoms with Gasteiger partial charge in [-0.1, -0.05) is 24.3 Å². The fraction of sp³-hybridized carbons (Fsp3) is 0.400. The first kappa shape index (κ1) is 18.0. The quantitative estimate of drug-likeness (QED) is 0.626. The molecule has 6 heteroatoms. The predicted molar refractivity (Wildman–Crippen MR) is 99.0 cm³/mol. The maximum absolute atomic E-state index is 11.7. The number of carboxylic acids is 1. The van der Waals surface area contributed by atoms with Gasteiger partial charge in [0.15, 0.2) is 5.75 Å². The third kappa shape index (κ3) is 3.59. The summed E-state index contributed by atoms with van der Waals surface area (Å²) in [5, 5.41) is 14.3. The van der Waals surface area contributed by atoms with Gasteiger partial charge in [0.05, 0.1) is 18.7 Å². The summed E-state index contributed by atoms with van der Waals surface area (Å²) in [6.45, 7) is 5.60. The lowest BCUT2D eigenvalue weighted by molar-refractivity contribution is -0.138. The predicted octanol–water partition coefficient (Wildman–Crippen LogP) is 3.76. The number of carbonyl (C=O) groups is 2. The molecule has 1 aliphatic rings. The fourth-order valence-electron chi connectivity index (χ4n) is 3.39. The first-order chi connectivity index (χ1) is 12.3. The van der Waals surface area contributed by atoms with Crippen molar-refractivity contribution in [2.45, 2.75) is 45.6 Å². The molecule has 1 heterocycles. The van der Waals surface area contributed by atoms with Crippen LogP contribution in [0.2, 0.25) is 0 Å². The number of benzene rings is 2. The summed E-state index contributed by atoms with van der Waals surface area (Å²) in [5.41, 5.74) is 0.748. The van der Waals surface area contributed by atoms with Gasteiger partial charge in [0.1, 0.15) is 5.75 Å². The molecule has 0 bridgehead atoms. The molecule has 0 spiro atoms. The van der Waals surface area contributed by atoms with E-state index in [0.29, 0.717) is 18.0 Å². The number of rotatable bonds is 5. The topological polar surface area (TPSA) is 84.9 Å². The van der Waals surface area contributed by atoms with E-state index >= 15 is 0 Å². The maximum atomic E-state index is 11.7. The monoisotopic (exact) mass is 357 g/mol. The first-order valence-electron chi connectivity index (χ1n) is 8.67. The van der Waals surface area contributed by atoms with Gasteiger partial charge in [-0.25, -0.2) is 0 Å². The highest BCUT2D eigenvalue weighted by Crippen LogP contribution is 2.47. The molecule has 0 aliphatic carbocycles. The van der Waals surface area contributed by atoms with E-state index in [2.05, 4.69) is 5.32 Å². The standard InChI is InChI=1S/C20H23NO5/c1-12(22)26-19-15-9-6-10-25-18(15)14-8-5-4-7-13(14)17(19)21-20(2,3)11-16(23)24/h4-5,7-8,21H,6,9-11H2,1-3H3,(H,23,24). The summed E-state index contributed by atoms with van der Waals surface area (Å²) in [7, 11) is 0. The SMILES string of the molecule is CC(=O)Oc1c2c(c3ccccc3c1NC(C)(C)CC(=O)O)OCCC2. The molecule has 0 fully saturated rings. The molecular weight excluding hydrogens is 334 g/mol. The molecule has 0 aromatic heterocycles.